The van der Waals surface area contributed by atoms with E-state index in [1.165, 1.54) is 43.4 Å². The summed E-state index contributed by atoms with van der Waals surface area (Å²) in [7, 11) is 0. The summed E-state index contributed by atoms with van der Waals surface area (Å²) in [6, 6.07) is 1.80. The molecule has 1 saturated carbocycles. The van der Waals surface area contributed by atoms with Crippen LogP contribution in [0.5, 0.6) is 0 Å². The highest BCUT2D eigenvalue weighted by atomic mass is 32.1. The second-order valence-corrected chi connectivity index (χ2v) is 7.36. The average Bonchev–Trinajstić information content (AvgIpc) is 2.77. The van der Waals surface area contributed by atoms with Crippen molar-refractivity contribution in [3.63, 3.8) is 0 Å². The largest absolute Gasteiger partial charge is 0.477 e. The summed E-state index contributed by atoms with van der Waals surface area (Å²) in [6.07, 6.45) is 6.79. The minimum atomic E-state index is -0.819. The van der Waals surface area contributed by atoms with Gasteiger partial charge in [0.05, 0.1) is 0 Å². The Kier molecular flexibility index (Phi) is 5.61. The molecule has 1 aromatic rings. The van der Waals surface area contributed by atoms with E-state index in [4.69, 9.17) is 5.11 Å². The van der Waals surface area contributed by atoms with E-state index in [2.05, 4.69) is 12.2 Å². The van der Waals surface area contributed by atoms with Gasteiger partial charge in [0.2, 0.25) is 0 Å². The van der Waals surface area contributed by atoms with Crippen LogP contribution >= 0.6 is 11.3 Å². The fraction of sp³-hybridized carbons (Fsp3) is 0.688. The normalized spacial score (nSPS) is 22.9. The summed E-state index contributed by atoms with van der Waals surface area (Å²) >= 11 is 1.37. The number of nitrogens with one attached hydrogen (secondary N) is 1. The van der Waals surface area contributed by atoms with Crippen LogP contribution in [0.4, 0.5) is 0 Å². The van der Waals surface area contributed by atoms with Gasteiger partial charge in [-0.3, -0.25) is 0 Å². The minimum Gasteiger partial charge on any atom is -0.477 e. The molecule has 0 bridgehead atoms. The van der Waals surface area contributed by atoms with Crippen molar-refractivity contribution in [2.45, 2.75) is 52.5 Å². The van der Waals surface area contributed by atoms with Crippen LogP contribution in [0.1, 0.15) is 59.1 Å². The van der Waals surface area contributed by atoms with Crippen molar-refractivity contribution in [3.05, 3.63) is 21.4 Å². The Labute approximate surface area is 125 Å². The molecule has 20 heavy (non-hydrogen) atoms. The first-order valence-corrected chi connectivity index (χ1v) is 8.41. The van der Waals surface area contributed by atoms with Gasteiger partial charge in [0.1, 0.15) is 4.88 Å². The van der Waals surface area contributed by atoms with Crippen LogP contribution in [0, 0.1) is 18.8 Å². The number of aromatic carboxylic acids is 1. The van der Waals surface area contributed by atoms with E-state index in [-0.39, 0.29) is 0 Å². The zero-order chi connectivity index (χ0) is 14.5. The highest BCUT2D eigenvalue weighted by Crippen LogP contribution is 2.30. The standard InChI is InChI=1S/C16H25NO2S/c1-11-4-3-5-13(8-11)6-7-17-10-14-9-15(16(18)19)20-12(14)2/h9,11,13,17H,3-8,10H2,1-2H3,(H,18,19). The van der Waals surface area contributed by atoms with E-state index in [1.807, 2.05) is 6.92 Å². The predicted octanol–water partition coefficient (Wildman–Crippen LogP) is 4.06. The zero-order valence-electron chi connectivity index (χ0n) is 12.4. The van der Waals surface area contributed by atoms with E-state index in [0.717, 1.165) is 35.4 Å². The molecule has 0 spiro atoms. The number of hydrogen-bond donors (Lipinski definition) is 2. The Bertz CT molecular complexity index is 455. The van der Waals surface area contributed by atoms with Gasteiger partial charge in [0.15, 0.2) is 0 Å². The molecular formula is C16H25NO2S. The van der Waals surface area contributed by atoms with Gasteiger partial charge >= 0.3 is 5.97 Å². The first-order chi connectivity index (χ1) is 9.56. The van der Waals surface area contributed by atoms with Crippen molar-refractivity contribution < 1.29 is 9.90 Å². The number of carboxylic acid groups (broad SMARTS) is 1. The second-order valence-electron chi connectivity index (χ2n) is 6.10. The fourth-order valence-corrected chi connectivity index (χ4v) is 4.03. The molecule has 1 fully saturated rings. The summed E-state index contributed by atoms with van der Waals surface area (Å²) in [5.41, 5.74) is 1.13. The van der Waals surface area contributed by atoms with Crippen molar-refractivity contribution in [2.24, 2.45) is 11.8 Å². The van der Waals surface area contributed by atoms with Gasteiger partial charge in [0.25, 0.3) is 0 Å². The zero-order valence-corrected chi connectivity index (χ0v) is 13.3. The molecule has 0 saturated heterocycles. The molecule has 112 valence electrons. The molecule has 1 aliphatic rings. The number of aryl methyl sites for hydroxylation is 1. The van der Waals surface area contributed by atoms with Crippen LogP contribution in [-0.4, -0.2) is 17.6 Å². The van der Waals surface area contributed by atoms with Crippen molar-refractivity contribution in [3.8, 4) is 0 Å². The van der Waals surface area contributed by atoms with E-state index in [1.54, 1.807) is 6.07 Å². The summed E-state index contributed by atoms with van der Waals surface area (Å²) in [5, 5.41) is 12.4. The lowest BCUT2D eigenvalue weighted by Crippen LogP contribution is -2.21. The van der Waals surface area contributed by atoms with Gasteiger partial charge in [0, 0.05) is 11.4 Å². The fourth-order valence-electron chi connectivity index (χ4n) is 3.15. The summed E-state index contributed by atoms with van der Waals surface area (Å²) in [4.78, 5) is 12.5. The van der Waals surface area contributed by atoms with Crippen molar-refractivity contribution >= 4 is 17.3 Å². The SMILES string of the molecule is Cc1sc(C(=O)O)cc1CNCCC1CCCC(C)C1. The number of thiophene rings is 1. The van der Waals surface area contributed by atoms with E-state index >= 15 is 0 Å². The molecule has 2 atom stereocenters. The van der Waals surface area contributed by atoms with Gasteiger partial charge in [-0.05, 0) is 49.8 Å². The molecule has 4 heteroatoms. The quantitative estimate of drug-likeness (QED) is 0.778. The number of carboxylic acids is 1. The topological polar surface area (TPSA) is 49.3 Å². The molecule has 1 heterocycles. The summed E-state index contributed by atoms with van der Waals surface area (Å²) in [5.74, 6) is 0.955. The van der Waals surface area contributed by atoms with Crippen LogP contribution in [0.3, 0.4) is 0 Å². The van der Waals surface area contributed by atoms with Gasteiger partial charge in [-0.25, -0.2) is 4.79 Å². The van der Waals surface area contributed by atoms with Crippen molar-refractivity contribution in [1.29, 1.82) is 0 Å². The summed E-state index contributed by atoms with van der Waals surface area (Å²) in [6.45, 7) is 6.19. The molecule has 0 aliphatic heterocycles. The first-order valence-electron chi connectivity index (χ1n) is 7.59. The minimum absolute atomic E-state index is 0.445. The maximum absolute atomic E-state index is 10.9. The Morgan fingerprint density at radius 3 is 2.95 bits per heavy atom. The summed E-state index contributed by atoms with van der Waals surface area (Å²) < 4.78 is 0. The number of rotatable bonds is 6. The van der Waals surface area contributed by atoms with Crippen LogP contribution in [0.25, 0.3) is 0 Å². The first kappa shape index (κ1) is 15.5. The van der Waals surface area contributed by atoms with Crippen LogP contribution in [0.15, 0.2) is 6.07 Å². The van der Waals surface area contributed by atoms with Crippen LogP contribution < -0.4 is 5.32 Å². The molecular weight excluding hydrogens is 270 g/mol. The molecule has 0 aromatic carbocycles. The lowest BCUT2D eigenvalue weighted by Gasteiger charge is -2.26. The third kappa shape index (κ3) is 4.32. The molecule has 2 rings (SSSR count). The predicted molar refractivity (Wildman–Crippen MR) is 83.5 cm³/mol. The number of hydrogen-bond acceptors (Lipinski definition) is 3. The van der Waals surface area contributed by atoms with Crippen LogP contribution in [0.2, 0.25) is 0 Å². The van der Waals surface area contributed by atoms with Gasteiger partial charge in [-0.1, -0.05) is 26.2 Å². The molecule has 1 aromatic heterocycles. The Balaban J connectivity index is 1.71. The molecule has 2 N–H and O–H groups in total. The Morgan fingerprint density at radius 1 is 1.50 bits per heavy atom. The maximum atomic E-state index is 10.9. The van der Waals surface area contributed by atoms with E-state index in [0.29, 0.717) is 4.88 Å². The Morgan fingerprint density at radius 2 is 2.30 bits per heavy atom. The highest BCUT2D eigenvalue weighted by Gasteiger charge is 2.18. The molecule has 3 nitrogen and oxygen atoms in total. The van der Waals surface area contributed by atoms with Gasteiger partial charge in [-0.2, -0.15) is 0 Å². The molecule has 0 radical (unpaired) electrons. The van der Waals surface area contributed by atoms with E-state index in [9.17, 15) is 4.79 Å². The smallest absolute Gasteiger partial charge is 0.345 e. The lowest BCUT2D eigenvalue weighted by atomic mass is 9.81. The molecule has 0 amide bonds. The molecule has 1 aliphatic carbocycles. The van der Waals surface area contributed by atoms with Crippen LogP contribution in [-0.2, 0) is 6.54 Å². The molecule has 2 unspecified atom stereocenters. The second kappa shape index (κ2) is 7.23. The van der Waals surface area contributed by atoms with Crippen molar-refractivity contribution in [1.82, 2.24) is 5.32 Å². The Hall–Kier alpha value is -0.870. The van der Waals surface area contributed by atoms with E-state index < -0.39 is 5.97 Å². The monoisotopic (exact) mass is 295 g/mol. The third-order valence-electron chi connectivity index (χ3n) is 4.32. The van der Waals surface area contributed by atoms with Crippen molar-refractivity contribution in [2.75, 3.05) is 6.54 Å². The number of carbonyl (C=O) groups is 1. The third-order valence-corrected chi connectivity index (χ3v) is 5.40. The average molecular weight is 295 g/mol. The van der Waals surface area contributed by atoms with Gasteiger partial charge < -0.3 is 10.4 Å². The van der Waals surface area contributed by atoms with Gasteiger partial charge in [-0.15, -0.1) is 11.3 Å². The highest BCUT2D eigenvalue weighted by molar-refractivity contribution is 7.14. The lowest BCUT2D eigenvalue weighted by molar-refractivity contribution is 0.0702. The maximum Gasteiger partial charge on any atom is 0.345 e.